The highest BCUT2D eigenvalue weighted by Crippen LogP contribution is 2.21. The van der Waals surface area contributed by atoms with Crippen LogP contribution in [-0.2, 0) is 9.53 Å². The Morgan fingerprint density at radius 2 is 2.00 bits per heavy atom. The van der Waals surface area contributed by atoms with E-state index in [2.05, 4.69) is 33.0 Å². The zero-order valence-electron chi connectivity index (χ0n) is 12.4. The monoisotopic (exact) mass is 256 g/mol. The quantitative estimate of drug-likeness (QED) is 0.707. The van der Waals surface area contributed by atoms with Gasteiger partial charge in [0.25, 0.3) is 0 Å². The number of hydrogen-bond acceptors (Lipinski definition) is 3. The van der Waals surface area contributed by atoms with Gasteiger partial charge < -0.3 is 9.64 Å². The molecule has 0 bridgehead atoms. The van der Waals surface area contributed by atoms with Crippen molar-refractivity contribution in [2.24, 2.45) is 11.8 Å². The van der Waals surface area contributed by atoms with Crippen LogP contribution in [0.1, 0.15) is 41.0 Å². The minimum atomic E-state index is -0.0148. The van der Waals surface area contributed by atoms with Crippen molar-refractivity contribution in [3.63, 3.8) is 0 Å². The van der Waals surface area contributed by atoms with Crippen LogP contribution in [0.5, 0.6) is 0 Å². The standard InChI is InChI=1S/C14H28N2O2/c1-6-18-8-7-16-13(11(4)5)15-12(14(16)17)9-10(2)3/h10-13,15H,6-9H2,1-5H3. The molecule has 1 aliphatic heterocycles. The largest absolute Gasteiger partial charge is 0.380 e. The number of nitrogens with zero attached hydrogens (tertiary/aromatic N) is 1. The number of amides is 1. The van der Waals surface area contributed by atoms with Gasteiger partial charge in [-0.2, -0.15) is 0 Å². The minimum absolute atomic E-state index is 0.0148. The summed E-state index contributed by atoms with van der Waals surface area (Å²) in [6, 6.07) is -0.0148. The predicted molar refractivity (Wildman–Crippen MR) is 73.2 cm³/mol. The van der Waals surface area contributed by atoms with Crippen LogP contribution in [0.25, 0.3) is 0 Å². The molecule has 1 rings (SSSR count). The Kier molecular flexibility index (Phi) is 6.09. The molecule has 4 heteroatoms. The highest BCUT2D eigenvalue weighted by atomic mass is 16.5. The molecular formula is C14H28N2O2. The maximum atomic E-state index is 12.4. The van der Waals surface area contributed by atoms with Crippen LogP contribution in [-0.4, -0.2) is 42.8 Å². The van der Waals surface area contributed by atoms with Gasteiger partial charge in [-0.25, -0.2) is 0 Å². The van der Waals surface area contributed by atoms with E-state index in [1.807, 2.05) is 11.8 Å². The Labute approximate surface area is 111 Å². The zero-order valence-corrected chi connectivity index (χ0v) is 12.4. The van der Waals surface area contributed by atoms with Crippen molar-refractivity contribution in [1.29, 1.82) is 0 Å². The van der Waals surface area contributed by atoms with Gasteiger partial charge in [0, 0.05) is 13.2 Å². The van der Waals surface area contributed by atoms with Crippen LogP contribution < -0.4 is 5.32 Å². The lowest BCUT2D eigenvalue weighted by atomic mass is 10.0. The molecule has 4 nitrogen and oxygen atoms in total. The Morgan fingerprint density at radius 1 is 1.33 bits per heavy atom. The van der Waals surface area contributed by atoms with Gasteiger partial charge in [-0.3, -0.25) is 10.1 Å². The smallest absolute Gasteiger partial charge is 0.241 e. The van der Waals surface area contributed by atoms with Crippen molar-refractivity contribution in [2.75, 3.05) is 19.8 Å². The molecule has 0 aromatic carbocycles. The molecule has 1 amide bonds. The number of hydrogen-bond donors (Lipinski definition) is 1. The fourth-order valence-corrected chi connectivity index (χ4v) is 2.45. The topological polar surface area (TPSA) is 41.6 Å². The molecule has 0 aromatic rings. The Balaban J connectivity index is 2.62. The molecule has 1 heterocycles. The van der Waals surface area contributed by atoms with Crippen molar-refractivity contribution in [2.45, 2.75) is 53.2 Å². The first-order valence-corrected chi connectivity index (χ1v) is 7.11. The third-order valence-corrected chi connectivity index (χ3v) is 3.31. The number of carbonyl (C=O) groups is 1. The number of nitrogens with one attached hydrogen (secondary N) is 1. The van der Waals surface area contributed by atoms with Gasteiger partial charge in [0.1, 0.15) is 0 Å². The van der Waals surface area contributed by atoms with E-state index in [0.717, 1.165) is 6.42 Å². The highest BCUT2D eigenvalue weighted by molar-refractivity contribution is 5.84. The Hall–Kier alpha value is -0.610. The molecule has 1 saturated heterocycles. The third kappa shape index (κ3) is 3.95. The molecule has 1 N–H and O–H groups in total. The molecule has 18 heavy (non-hydrogen) atoms. The highest BCUT2D eigenvalue weighted by Gasteiger charge is 2.39. The second-order valence-corrected chi connectivity index (χ2v) is 5.77. The summed E-state index contributed by atoms with van der Waals surface area (Å²) in [5.41, 5.74) is 0. The lowest BCUT2D eigenvalue weighted by Gasteiger charge is -2.27. The summed E-state index contributed by atoms with van der Waals surface area (Å²) >= 11 is 0. The van der Waals surface area contributed by atoms with Crippen molar-refractivity contribution >= 4 is 5.91 Å². The molecule has 1 fully saturated rings. The van der Waals surface area contributed by atoms with Crippen LogP contribution in [0.2, 0.25) is 0 Å². The third-order valence-electron chi connectivity index (χ3n) is 3.31. The second kappa shape index (κ2) is 7.10. The van der Waals surface area contributed by atoms with E-state index in [-0.39, 0.29) is 18.1 Å². The van der Waals surface area contributed by atoms with E-state index >= 15 is 0 Å². The fraction of sp³-hybridized carbons (Fsp3) is 0.929. The molecule has 0 saturated carbocycles. The van der Waals surface area contributed by atoms with Crippen LogP contribution in [0.15, 0.2) is 0 Å². The van der Waals surface area contributed by atoms with Crippen LogP contribution in [0, 0.1) is 11.8 Å². The van der Waals surface area contributed by atoms with Crippen LogP contribution >= 0.6 is 0 Å². The summed E-state index contributed by atoms with van der Waals surface area (Å²) in [7, 11) is 0. The minimum Gasteiger partial charge on any atom is -0.380 e. The maximum Gasteiger partial charge on any atom is 0.241 e. The van der Waals surface area contributed by atoms with Crippen LogP contribution in [0.4, 0.5) is 0 Å². The molecule has 106 valence electrons. The van der Waals surface area contributed by atoms with Gasteiger partial charge in [0.2, 0.25) is 5.91 Å². The molecule has 2 unspecified atom stereocenters. The van der Waals surface area contributed by atoms with Gasteiger partial charge >= 0.3 is 0 Å². The van der Waals surface area contributed by atoms with E-state index in [0.29, 0.717) is 31.6 Å². The van der Waals surface area contributed by atoms with Crippen LogP contribution in [0.3, 0.4) is 0 Å². The van der Waals surface area contributed by atoms with E-state index in [9.17, 15) is 4.79 Å². The first-order valence-electron chi connectivity index (χ1n) is 7.11. The number of ether oxygens (including phenoxy) is 1. The van der Waals surface area contributed by atoms with E-state index in [1.54, 1.807) is 0 Å². The maximum absolute atomic E-state index is 12.4. The van der Waals surface area contributed by atoms with Crippen molar-refractivity contribution in [3.8, 4) is 0 Å². The lowest BCUT2D eigenvalue weighted by Crippen LogP contribution is -2.43. The summed E-state index contributed by atoms with van der Waals surface area (Å²) in [6.07, 6.45) is 1.06. The summed E-state index contributed by atoms with van der Waals surface area (Å²) in [4.78, 5) is 14.3. The summed E-state index contributed by atoms with van der Waals surface area (Å²) < 4.78 is 5.37. The van der Waals surface area contributed by atoms with E-state index in [4.69, 9.17) is 4.74 Å². The molecule has 1 aliphatic rings. The SMILES string of the molecule is CCOCCN1C(=O)C(CC(C)C)NC1C(C)C. The number of rotatable bonds is 7. The summed E-state index contributed by atoms with van der Waals surface area (Å²) in [5.74, 6) is 1.20. The molecule has 0 aromatic heterocycles. The van der Waals surface area contributed by atoms with Gasteiger partial charge in [-0.05, 0) is 25.2 Å². The normalized spacial score (nSPS) is 24.6. The van der Waals surface area contributed by atoms with Gasteiger partial charge in [0.15, 0.2) is 0 Å². The Morgan fingerprint density at radius 3 is 2.50 bits per heavy atom. The average molecular weight is 256 g/mol. The lowest BCUT2D eigenvalue weighted by molar-refractivity contribution is -0.131. The predicted octanol–water partition coefficient (Wildman–Crippen LogP) is 1.85. The van der Waals surface area contributed by atoms with Crippen molar-refractivity contribution in [3.05, 3.63) is 0 Å². The van der Waals surface area contributed by atoms with Crippen molar-refractivity contribution < 1.29 is 9.53 Å². The fourth-order valence-electron chi connectivity index (χ4n) is 2.45. The van der Waals surface area contributed by atoms with E-state index in [1.165, 1.54) is 0 Å². The zero-order chi connectivity index (χ0) is 13.7. The molecule has 2 atom stereocenters. The van der Waals surface area contributed by atoms with Gasteiger partial charge in [-0.1, -0.05) is 27.7 Å². The number of carbonyl (C=O) groups excluding carboxylic acids is 1. The summed E-state index contributed by atoms with van der Waals surface area (Å²) in [5, 5.41) is 3.47. The Bertz CT molecular complexity index is 267. The molecule has 0 aliphatic carbocycles. The molecule has 0 spiro atoms. The molecular weight excluding hydrogens is 228 g/mol. The average Bonchev–Trinajstić information content (AvgIpc) is 2.57. The van der Waals surface area contributed by atoms with Crippen molar-refractivity contribution in [1.82, 2.24) is 10.2 Å². The van der Waals surface area contributed by atoms with Gasteiger partial charge in [0.05, 0.1) is 18.8 Å². The van der Waals surface area contributed by atoms with Gasteiger partial charge in [-0.15, -0.1) is 0 Å². The first-order chi connectivity index (χ1) is 8.47. The van der Waals surface area contributed by atoms with E-state index < -0.39 is 0 Å². The summed E-state index contributed by atoms with van der Waals surface area (Å²) in [6.45, 7) is 12.6. The molecule has 0 radical (unpaired) electrons. The first kappa shape index (κ1) is 15.4. The second-order valence-electron chi connectivity index (χ2n) is 5.77.